The third-order valence-electron chi connectivity index (χ3n) is 4.87. The van der Waals surface area contributed by atoms with Gasteiger partial charge in [0, 0.05) is 6.54 Å². The summed E-state index contributed by atoms with van der Waals surface area (Å²) in [6.45, 7) is 0.802. The number of nitrogens with zero attached hydrogens (tertiary/aromatic N) is 2. The van der Waals surface area contributed by atoms with Gasteiger partial charge in [-0.1, -0.05) is 12.1 Å². The summed E-state index contributed by atoms with van der Waals surface area (Å²) in [4.78, 5) is 17.3. The summed E-state index contributed by atoms with van der Waals surface area (Å²) in [6, 6.07) is 7.54. The van der Waals surface area contributed by atoms with Crippen LogP contribution in [-0.4, -0.2) is 9.55 Å². The molecule has 1 aromatic carbocycles. The second kappa shape index (κ2) is 4.32. The number of fused-ring (bicyclic) bond motifs is 1. The SMILES string of the molecule is O=c1c2ccccc2nc(CCl)n1CC1(C2CC2)CC1. The summed E-state index contributed by atoms with van der Waals surface area (Å²) >= 11 is 6.03. The number of aromatic nitrogens is 2. The van der Waals surface area contributed by atoms with Crippen LogP contribution < -0.4 is 5.56 Å². The number of halogens is 1. The van der Waals surface area contributed by atoms with Crippen molar-refractivity contribution < 1.29 is 0 Å². The highest BCUT2D eigenvalue weighted by Gasteiger charge is 2.54. The molecule has 1 aromatic heterocycles. The number of rotatable bonds is 4. The van der Waals surface area contributed by atoms with Crippen LogP contribution in [0.15, 0.2) is 29.1 Å². The first kappa shape index (κ1) is 12.4. The van der Waals surface area contributed by atoms with Crippen molar-refractivity contribution in [3.63, 3.8) is 0 Å². The fraction of sp³-hybridized carbons (Fsp3) is 0.500. The van der Waals surface area contributed by atoms with Crippen LogP contribution in [0.25, 0.3) is 10.9 Å². The summed E-state index contributed by atoms with van der Waals surface area (Å²) in [5.41, 5.74) is 1.19. The van der Waals surface area contributed by atoms with Crippen LogP contribution in [0.5, 0.6) is 0 Å². The lowest BCUT2D eigenvalue weighted by molar-refractivity contribution is 0.358. The minimum atomic E-state index is 0.0678. The van der Waals surface area contributed by atoms with Crippen LogP contribution in [0.3, 0.4) is 0 Å². The maximum Gasteiger partial charge on any atom is 0.261 e. The second-order valence-corrected chi connectivity index (χ2v) is 6.47. The normalized spacial score (nSPS) is 20.2. The van der Waals surface area contributed by atoms with Gasteiger partial charge in [-0.2, -0.15) is 0 Å². The molecule has 0 spiro atoms. The first-order valence-electron chi connectivity index (χ1n) is 7.28. The van der Waals surface area contributed by atoms with Crippen molar-refractivity contribution in [1.82, 2.24) is 9.55 Å². The van der Waals surface area contributed by atoms with E-state index in [1.807, 2.05) is 28.8 Å². The molecular weight excluding hydrogens is 272 g/mol. The molecule has 2 saturated carbocycles. The van der Waals surface area contributed by atoms with Gasteiger partial charge in [-0.15, -0.1) is 11.6 Å². The van der Waals surface area contributed by atoms with Gasteiger partial charge in [-0.05, 0) is 49.1 Å². The largest absolute Gasteiger partial charge is 0.295 e. The van der Waals surface area contributed by atoms with E-state index in [1.165, 1.54) is 25.7 Å². The molecule has 20 heavy (non-hydrogen) atoms. The summed E-state index contributed by atoms with van der Waals surface area (Å²) in [5, 5.41) is 0.702. The van der Waals surface area contributed by atoms with Gasteiger partial charge in [-0.3, -0.25) is 9.36 Å². The summed E-state index contributed by atoms with van der Waals surface area (Å²) in [6.07, 6.45) is 5.15. The van der Waals surface area contributed by atoms with Gasteiger partial charge in [0.05, 0.1) is 16.8 Å². The molecule has 0 N–H and O–H groups in total. The van der Waals surface area contributed by atoms with Crippen molar-refractivity contribution >= 4 is 22.5 Å². The van der Waals surface area contributed by atoms with Gasteiger partial charge in [-0.25, -0.2) is 4.98 Å². The smallest absolute Gasteiger partial charge is 0.261 e. The van der Waals surface area contributed by atoms with E-state index >= 15 is 0 Å². The highest BCUT2D eigenvalue weighted by Crippen LogP contribution is 2.62. The van der Waals surface area contributed by atoms with E-state index in [4.69, 9.17) is 11.6 Å². The van der Waals surface area contributed by atoms with Crippen LogP contribution in [-0.2, 0) is 12.4 Å². The van der Waals surface area contributed by atoms with Crippen molar-refractivity contribution in [1.29, 1.82) is 0 Å². The molecule has 0 saturated heterocycles. The van der Waals surface area contributed by atoms with Crippen LogP contribution >= 0.6 is 11.6 Å². The minimum Gasteiger partial charge on any atom is -0.295 e. The standard InChI is InChI=1S/C16H17ClN2O/c17-9-14-18-13-4-2-1-3-12(13)15(20)19(14)10-16(7-8-16)11-5-6-11/h1-4,11H,5-10H2. The Bertz CT molecular complexity index is 729. The lowest BCUT2D eigenvalue weighted by Gasteiger charge is -2.18. The zero-order valence-electron chi connectivity index (χ0n) is 11.3. The molecule has 0 bridgehead atoms. The number of hydrogen-bond acceptors (Lipinski definition) is 2. The summed E-state index contributed by atoms with van der Waals surface area (Å²) in [7, 11) is 0. The molecule has 4 rings (SSSR count). The maximum atomic E-state index is 12.7. The summed E-state index contributed by atoms with van der Waals surface area (Å²) < 4.78 is 1.83. The lowest BCUT2D eigenvalue weighted by atomic mass is 10.0. The molecular formula is C16H17ClN2O. The van der Waals surface area contributed by atoms with Crippen LogP contribution in [0.2, 0.25) is 0 Å². The van der Waals surface area contributed by atoms with Crippen molar-refractivity contribution in [2.24, 2.45) is 11.3 Å². The van der Waals surface area contributed by atoms with Crippen molar-refractivity contribution in [3.05, 3.63) is 40.4 Å². The molecule has 2 fully saturated rings. The van der Waals surface area contributed by atoms with Crippen molar-refractivity contribution in [2.75, 3.05) is 0 Å². The fourth-order valence-corrected chi connectivity index (χ4v) is 3.55. The Morgan fingerprint density at radius 1 is 1.30 bits per heavy atom. The fourth-order valence-electron chi connectivity index (χ4n) is 3.35. The van der Waals surface area contributed by atoms with Gasteiger partial charge in [0.15, 0.2) is 0 Å². The number of para-hydroxylation sites is 1. The molecule has 0 aliphatic heterocycles. The van der Waals surface area contributed by atoms with Crippen molar-refractivity contribution in [2.45, 2.75) is 38.1 Å². The Labute approximate surface area is 122 Å². The van der Waals surface area contributed by atoms with Gasteiger partial charge < -0.3 is 0 Å². The van der Waals surface area contributed by atoms with Crippen LogP contribution in [0.4, 0.5) is 0 Å². The Hall–Kier alpha value is -1.35. The highest BCUT2D eigenvalue weighted by atomic mass is 35.5. The second-order valence-electron chi connectivity index (χ2n) is 6.21. The Morgan fingerprint density at radius 3 is 2.70 bits per heavy atom. The number of alkyl halides is 1. The quantitative estimate of drug-likeness (QED) is 0.809. The van der Waals surface area contributed by atoms with Crippen LogP contribution in [0, 0.1) is 11.3 Å². The molecule has 1 heterocycles. The predicted octanol–water partition coefficient (Wildman–Crippen LogP) is 3.33. The molecule has 2 aliphatic carbocycles. The van der Waals surface area contributed by atoms with E-state index in [9.17, 15) is 4.79 Å². The Kier molecular flexibility index (Phi) is 2.68. The molecule has 104 valence electrons. The molecule has 0 radical (unpaired) electrons. The first-order chi connectivity index (χ1) is 9.73. The van der Waals surface area contributed by atoms with Crippen LogP contribution in [0.1, 0.15) is 31.5 Å². The molecule has 2 aromatic rings. The molecule has 2 aliphatic rings. The average Bonchev–Trinajstić information content (AvgIpc) is 3.35. The van der Waals surface area contributed by atoms with E-state index < -0.39 is 0 Å². The van der Waals surface area contributed by atoms with E-state index in [-0.39, 0.29) is 5.56 Å². The van der Waals surface area contributed by atoms with Crippen molar-refractivity contribution in [3.8, 4) is 0 Å². The maximum absolute atomic E-state index is 12.7. The topological polar surface area (TPSA) is 34.9 Å². The Balaban J connectivity index is 1.84. The molecule has 0 unspecified atom stereocenters. The minimum absolute atomic E-state index is 0.0678. The van der Waals surface area contributed by atoms with Gasteiger partial charge in [0.1, 0.15) is 5.82 Å². The zero-order chi connectivity index (χ0) is 13.7. The monoisotopic (exact) mass is 288 g/mol. The first-order valence-corrected chi connectivity index (χ1v) is 7.81. The highest BCUT2D eigenvalue weighted by molar-refractivity contribution is 6.16. The Morgan fingerprint density at radius 2 is 2.05 bits per heavy atom. The van der Waals surface area contributed by atoms with E-state index in [1.54, 1.807) is 0 Å². The van der Waals surface area contributed by atoms with E-state index in [0.717, 1.165) is 18.0 Å². The number of benzene rings is 1. The third kappa shape index (κ3) is 1.87. The van der Waals surface area contributed by atoms with Gasteiger partial charge >= 0.3 is 0 Å². The zero-order valence-corrected chi connectivity index (χ0v) is 12.1. The average molecular weight is 289 g/mol. The van der Waals surface area contributed by atoms with Gasteiger partial charge in [0.25, 0.3) is 5.56 Å². The van der Waals surface area contributed by atoms with E-state index in [0.29, 0.717) is 22.5 Å². The predicted molar refractivity (Wildman–Crippen MR) is 80.0 cm³/mol. The molecule has 4 heteroatoms. The molecule has 0 atom stereocenters. The van der Waals surface area contributed by atoms with E-state index in [2.05, 4.69) is 4.98 Å². The molecule has 0 amide bonds. The molecule has 3 nitrogen and oxygen atoms in total. The third-order valence-corrected chi connectivity index (χ3v) is 5.11. The number of hydrogen-bond donors (Lipinski definition) is 0. The van der Waals surface area contributed by atoms with Gasteiger partial charge in [0.2, 0.25) is 0 Å². The lowest BCUT2D eigenvalue weighted by Crippen LogP contribution is -2.29. The summed E-state index contributed by atoms with van der Waals surface area (Å²) in [5.74, 6) is 1.83.